The van der Waals surface area contributed by atoms with Crippen LogP contribution in [0.25, 0.3) is 0 Å². The van der Waals surface area contributed by atoms with Gasteiger partial charge in [-0.2, -0.15) is 0 Å². The first-order chi connectivity index (χ1) is 12.4. The van der Waals surface area contributed by atoms with E-state index in [0.29, 0.717) is 23.8 Å². The Morgan fingerprint density at radius 3 is 2.65 bits per heavy atom. The normalized spacial score (nSPS) is 53.8. The van der Waals surface area contributed by atoms with E-state index in [2.05, 4.69) is 37.0 Å². The Kier molecular flexibility index (Phi) is 3.98. The van der Waals surface area contributed by atoms with Gasteiger partial charge in [0.2, 0.25) is 0 Å². The summed E-state index contributed by atoms with van der Waals surface area (Å²) in [6.45, 7) is 7.23. The summed E-state index contributed by atoms with van der Waals surface area (Å²) in [5.41, 5.74) is 1.78. The van der Waals surface area contributed by atoms with Gasteiger partial charge in [-0.15, -0.1) is 0 Å². The van der Waals surface area contributed by atoms with Crippen LogP contribution in [-0.4, -0.2) is 46.5 Å². The molecule has 3 fully saturated rings. The smallest absolute Gasteiger partial charge is 0.0855 e. The molecule has 2 saturated carbocycles. The van der Waals surface area contributed by atoms with Crippen LogP contribution in [0.4, 0.5) is 0 Å². The number of allylic oxidation sites excluding steroid dienone is 2. The van der Waals surface area contributed by atoms with Crippen LogP contribution in [0.3, 0.4) is 0 Å². The first kappa shape index (κ1) is 17.5. The lowest BCUT2D eigenvalue weighted by atomic mass is 9.49. The molecule has 5 rings (SSSR count). The van der Waals surface area contributed by atoms with E-state index in [1.807, 2.05) is 0 Å². The summed E-state index contributed by atoms with van der Waals surface area (Å²) in [6, 6.07) is 0.609. The number of aliphatic hydroxyl groups excluding tert-OH is 2. The standard InChI is InChI=1S/C23H35NO2/c1-22-9-7-16(24-11-3-4-12-24)13-15(22)5-6-17-18(22)8-10-23(2)19(17)14-20(25)21(23)26/h5,7,9,16-21,25-26H,3-4,6,8,10-14H2,1-2H3/t16?,17-,18-,19+,20?,21?,22+,23+/m1/s1. The molecule has 1 aliphatic heterocycles. The highest BCUT2D eigenvalue weighted by Gasteiger charge is 2.60. The molecule has 2 N–H and O–H groups in total. The number of fused-ring (bicyclic) bond motifs is 5. The molecule has 3 nitrogen and oxygen atoms in total. The SMILES string of the molecule is C[C@]12C=CC(N3CCCC3)CC1=CC[C@@H]1[C@H]2CC[C@]2(C)C(O)C(O)C[C@@H]12. The fourth-order valence-corrected chi connectivity index (χ4v) is 7.55. The predicted molar refractivity (Wildman–Crippen MR) is 104 cm³/mol. The molecule has 5 aliphatic rings. The fraction of sp³-hybridized carbons (Fsp3) is 0.826. The molecule has 0 radical (unpaired) electrons. The number of likely N-dealkylation sites (tertiary alicyclic amines) is 1. The van der Waals surface area contributed by atoms with Crippen LogP contribution >= 0.6 is 0 Å². The molecule has 26 heavy (non-hydrogen) atoms. The number of aliphatic hydroxyl groups is 2. The summed E-state index contributed by atoms with van der Waals surface area (Å²) in [7, 11) is 0. The Balaban J connectivity index is 1.43. The number of nitrogens with zero attached hydrogens (tertiary/aromatic N) is 1. The van der Waals surface area contributed by atoms with Gasteiger partial charge in [-0.3, -0.25) is 4.90 Å². The van der Waals surface area contributed by atoms with Crippen molar-refractivity contribution in [3.8, 4) is 0 Å². The van der Waals surface area contributed by atoms with E-state index in [1.54, 1.807) is 5.57 Å². The van der Waals surface area contributed by atoms with E-state index < -0.39 is 12.2 Å². The van der Waals surface area contributed by atoms with E-state index in [4.69, 9.17) is 0 Å². The fourth-order valence-electron chi connectivity index (χ4n) is 7.55. The lowest BCUT2D eigenvalue weighted by Crippen LogP contribution is -2.51. The maximum absolute atomic E-state index is 10.6. The molecule has 0 aromatic carbocycles. The minimum Gasteiger partial charge on any atom is -0.390 e. The van der Waals surface area contributed by atoms with Crippen molar-refractivity contribution in [2.75, 3.05) is 13.1 Å². The van der Waals surface area contributed by atoms with Gasteiger partial charge in [0.1, 0.15) is 0 Å². The minimum atomic E-state index is -0.534. The van der Waals surface area contributed by atoms with Crippen LogP contribution < -0.4 is 0 Å². The largest absolute Gasteiger partial charge is 0.390 e. The lowest BCUT2D eigenvalue weighted by Gasteiger charge is -2.56. The average molecular weight is 358 g/mol. The van der Waals surface area contributed by atoms with Crippen molar-refractivity contribution in [1.29, 1.82) is 0 Å². The molecule has 3 heteroatoms. The molecule has 0 amide bonds. The summed E-state index contributed by atoms with van der Waals surface area (Å²) in [5, 5.41) is 21.0. The highest BCUT2D eigenvalue weighted by Crippen LogP contribution is 2.64. The zero-order chi connectivity index (χ0) is 18.1. The maximum Gasteiger partial charge on any atom is 0.0855 e. The van der Waals surface area contributed by atoms with Gasteiger partial charge in [0, 0.05) is 11.5 Å². The average Bonchev–Trinajstić information content (AvgIpc) is 3.23. The van der Waals surface area contributed by atoms with Crippen LogP contribution in [0.1, 0.15) is 58.8 Å². The van der Waals surface area contributed by atoms with Crippen molar-refractivity contribution in [3.63, 3.8) is 0 Å². The van der Waals surface area contributed by atoms with E-state index in [-0.39, 0.29) is 10.8 Å². The second kappa shape index (κ2) is 5.93. The maximum atomic E-state index is 10.6. The van der Waals surface area contributed by atoms with Crippen LogP contribution in [0.2, 0.25) is 0 Å². The van der Waals surface area contributed by atoms with E-state index in [0.717, 1.165) is 19.3 Å². The van der Waals surface area contributed by atoms with Crippen LogP contribution in [0, 0.1) is 28.6 Å². The summed E-state index contributed by atoms with van der Waals surface area (Å²) < 4.78 is 0. The summed E-state index contributed by atoms with van der Waals surface area (Å²) in [5.74, 6) is 1.75. The Morgan fingerprint density at radius 1 is 1.12 bits per heavy atom. The zero-order valence-electron chi connectivity index (χ0n) is 16.4. The van der Waals surface area contributed by atoms with E-state index in [9.17, 15) is 10.2 Å². The molecule has 4 aliphatic carbocycles. The first-order valence-corrected chi connectivity index (χ1v) is 10.9. The molecule has 0 aromatic heterocycles. The van der Waals surface area contributed by atoms with Crippen LogP contribution in [-0.2, 0) is 0 Å². The van der Waals surface area contributed by atoms with Gasteiger partial charge in [0.15, 0.2) is 0 Å². The van der Waals surface area contributed by atoms with Gasteiger partial charge in [0.05, 0.1) is 12.2 Å². The monoisotopic (exact) mass is 357 g/mol. The molecule has 0 bridgehead atoms. The highest BCUT2D eigenvalue weighted by molar-refractivity contribution is 5.34. The molecule has 0 spiro atoms. The molecule has 0 aromatic rings. The molecular formula is C23H35NO2. The predicted octanol–water partition coefficient (Wildman–Crippen LogP) is 3.52. The van der Waals surface area contributed by atoms with Gasteiger partial charge in [-0.05, 0) is 81.2 Å². The molecule has 8 atom stereocenters. The Hall–Kier alpha value is -0.640. The molecule has 3 unspecified atom stereocenters. The lowest BCUT2D eigenvalue weighted by molar-refractivity contribution is -0.0703. The third-order valence-corrected chi connectivity index (χ3v) is 9.21. The molecular weight excluding hydrogens is 322 g/mol. The van der Waals surface area contributed by atoms with Gasteiger partial charge in [-0.1, -0.05) is 37.6 Å². The van der Waals surface area contributed by atoms with Gasteiger partial charge >= 0.3 is 0 Å². The topological polar surface area (TPSA) is 43.7 Å². The van der Waals surface area contributed by atoms with Crippen molar-refractivity contribution in [1.82, 2.24) is 4.90 Å². The third kappa shape index (κ3) is 2.29. The second-order valence-electron chi connectivity index (χ2n) is 10.3. The Bertz CT molecular complexity index is 636. The Morgan fingerprint density at radius 2 is 1.88 bits per heavy atom. The molecule has 1 heterocycles. The Labute approximate surface area is 158 Å². The van der Waals surface area contributed by atoms with Crippen molar-refractivity contribution in [2.24, 2.45) is 28.6 Å². The third-order valence-electron chi connectivity index (χ3n) is 9.21. The summed E-state index contributed by atoms with van der Waals surface area (Å²) in [4.78, 5) is 2.67. The second-order valence-corrected chi connectivity index (χ2v) is 10.3. The van der Waals surface area contributed by atoms with Crippen molar-refractivity contribution >= 4 is 0 Å². The van der Waals surface area contributed by atoms with Crippen molar-refractivity contribution < 1.29 is 10.2 Å². The van der Waals surface area contributed by atoms with Gasteiger partial charge in [-0.25, -0.2) is 0 Å². The number of hydrogen-bond donors (Lipinski definition) is 2. The summed E-state index contributed by atoms with van der Waals surface area (Å²) in [6.07, 6.45) is 14.7. The first-order valence-electron chi connectivity index (χ1n) is 10.9. The van der Waals surface area contributed by atoms with Gasteiger partial charge < -0.3 is 10.2 Å². The van der Waals surface area contributed by atoms with Gasteiger partial charge in [0.25, 0.3) is 0 Å². The number of rotatable bonds is 1. The van der Waals surface area contributed by atoms with E-state index >= 15 is 0 Å². The molecule has 1 saturated heterocycles. The van der Waals surface area contributed by atoms with E-state index in [1.165, 1.54) is 38.8 Å². The minimum absolute atomic E-state index is 0.0846. The quantitative estimate of drug-likeness (QED) is 0.706. The summed E-state index contributed by atoms with van der Waals surface area (Å²) >= 11 is 0. The highest BCUT2D eigenvalue weighted by atomic mass is 16.3. The van der Waals surface area contributed by atoms with Crippen LogP contribution in [0.15, 0.2) is 23.8 Å². The van der Waals surface area contributed by atoms with Crippen LogP contribution in [0.5, 0.6) is 0 Å². The van der Waals surface area contributed by atoms with Crippen molar-refractivity contribution in [2.45, 2.75) is 77.0 Å². The van der Waals surface area contributed by atoms with Crippen molar-refractivity contribution in [3.05, 3.63) is 23.8 Å². The zero-order valence-corrected chi connectivity index (χ0v) is 16.4. The molecule has 144 valence electrons. The number of hydrogen-bond acceptors (Lipinski definition) is 3.